The summed E-state index contributed by atoms with van der Waals surface area (Å²) in [5.74, 6) is 0.343. The highest BCUT2D eigenvalue weighted by Crippen LogP contribution is 2.12. The zero-order chi connectivity index (χ0) is 24.2. The molecule has 0 bridgehead atoms. The normalized spacial score (nSPS) is 11.0. The molecule has 0 aliphatic rings. The van der Waals surface area contributed by atoms with E-state index in [0.717, 1.165) is 21.3 Å². The largest absolute Gasteiger partial charge is 0.497 e. The van der Waals surface area contributed by atoms with Gasteiger partial charge in [0.05, 0.1) is 19.2 Å². The molecule has 0 atom stereocenters. The van der Waals surface area contributed by atoms with Crippen LogP contribution in [0.5, 0.6) is 5.75 Å². The van der Waals surface area contributed by atoms with Gasteiger partial charge in [-0.05, 0) is 37.1 Å². The Morgan fingerprint density at radius 1 is 1.06 bits per heavy atom. The second-order valence-corrected chi connectivity index (χ2v) is 8.09. The third-order valence-corrected chi connectivity index (χ3v) is 5.65. The molecule has 0 radical (unpaired) electrons. The van der Waals surface area contributed by atoms with Crippen LogP contribution in [0.15, 0.2) is 64.3 Å². The third-order valence-electron chi connectivity index (χ3n) is 5.65. The molecular weight excluding hydrogens is 434 g/mol. The average molecular weight is 462 g/mol. The molecule has 9 heteroatoms. The zero-order valence-electron chi connectivity index (χ0n) is 19.4. The number of aromatic nitrogens is 4. The minimum atomic E-state index is -0.551. The maximum absolute atomic E-state index is 13.4. The van der Waals surface area contributed by atoms with Crippen LogP contribution in [0, 0.1) is 6.92 Å². The minimum absolute atomic E-state index is 0.0955. The van der Waals surface area contributed by atoms with Gasteiger partial charge in [0.25, 0.3) is 5.56 Å². The molecule has 2 heterocycles. The minimum Gasteiger partial charge on any atom is -0.497 e. The summed E-state index contributed by atoms with van der Waals surface area (Å²) in [6.45, 7) is 4.53. The molecule has 9 nitrogen and oxygen atoms in total. The highest BCUT2D eigenvalue weighted by molar-refractivity contribution is 5.79. The number of fused-ring (bicyclic) bond motifs is 1. The number of benzene rings is 2. The lowest BCUT2D eigenvalue weighted by Crippen LogP contribution is -2.42. The van der Waals surface area contributed by atoms with E-state index < -0.39 is 11.2 Å². The van der Waals surface area contributed by atoms with Gasteiger partial charge in [0.2, 0.25) is 5.91 Å². The Kier molecular flexibility index (Phi) is 6.62. The standard InChI is InChI=1S/C25H27N5O4/c1-4-28-15-21-23(27-28)24(32)30(14-18-10-8-17(2)9-11-18)25(33)29(21)16-22(31)26-13-19-6-5-7-20(12-19)34-3/h5-12,15H,4,13-14,16H2,1-3H3,(H,26,31). The Balaban J connectivity index is 1.66. The monoisotopic (exact) mass is 461 g/mol. The van der Waals surface area contributed by atoms with Gasteiger partial charge < -0.3 is 10.1 Å². The van der Waals surface area contributed by atoms with E-state index in [1.165, 1.54) is 4.57 Å². The first kappa shape index (κ1) is 23.0. The topological polar surface area (TPSA) is 100 Å². The Labute approximate surface area is 196 Å². The maximum Gasteiger partial charge on any atom is 0.332 e. The number of carbonyl (C=O) groups is 1. The van der Waals surface area contributed by atoms with Gasteiger partial charge in [0.1, 0.15) is 12.3 Å². The van der Waals surface area contributed by atoms with E-state index in [0.29, 0.717) is 17.8 Å². The molecule has 0 saturated carbocycles. The second kappa shape index (κ2) is 9.78. The van der Waals surface area contributed by atoms with E-state index in [1.807, 2.05) is 62.4 Å². The lowest BCUT2D eigenvalue weighted by molar-refractivity contribution is -0.121. The SMILES string of the molecule is CCn1cc2c(n1)c(=O)n(Cc1ccc(C)cc1)c(=O)n2CC(=O)NCc1cccc(OC)c1. The molecule has 1 amide bonds. The quantitative estimate of drug-likeness (QED) is 0.433. The molecule has 2 aromatic heterocycles. The molecule has 0 spiro atoms. The van der Waals surface area contributed by atoms with Crippen LogP contribution in [0.1, 0.15) is 23.6 Å². The first-order chi connectivity index (χ1) is 16.4. The number of nitrogens with zero attached hydrogens (tertiary/aromatic N) is 4. The van der Waals surface area contributed by atoms with Crippen LogP contribution in [0.25, 0.3) is 11.0 Å². The van der Waals surface area contributed by atoms with Crippen molar-refractivity contribution in [1.29, 1.82) is 0 Å². The third kappa shape index (κ3) is 4.78. The number of ether oxygens (including phenoxy) is 1. The molecule has 0 saturated heterocycles. The van der Waals surface area contributed by atoms with Crippen molar-refractivity contribution in [3.05, 3.63) is 92.3 Å². The van der Waals surface area contributed by atoms with Crippen LogP contribution < -0.4 is 21.3 Å². The summed E-state index contributed by atoms with van der Waals surface area (Å²) in [5.41, 5.74) is 2.24. The van der Waals surface area contributed by atoms with Crippen molar-refractivity contribution in [3.63, 3.8) is 0 Å². The smallest absolute Gasteiger partial charge is 0.332 e. The summed E-state index contributed by atoms with van der Waals surface area (Å²) in [4.78, 5) is 39.3. The average Bonchev–Trinajstić information content (AvgIpc) is 3.29. The maximum atomic E-state index is 13.4. The number of aryl methyl sites for hydroxylation is 2. The number of rotatable bonds is 8. The van der Waals surface area contributed by atoms with Gasteiger partial charge >= 0.3 is 5.69 Å². The van der Waals surface area contributed by atoms with Gasteiger partial charge in [0, 0.05) is 19.3 Å². The van der Waals surface area contributed by atoms with E-state index in [-0.39, 0.29) is 31.1 Å². The molecule has 176 valence electrons. The number of hydrogen-bond acceptors (Lipinski definition) is 5. The predicted octanol–water partition coefficient (Wildman–Crippen LogP) is 2.06. The van der Waals surface area contributed by atoms with Crippen LogP contribution >= 0.6 is 0 Å². The highest BCUT2D eigenvalue weighted by atomic mass is 16.5. The molecule has 0 unspecified atom stereocenters. The molecule has 0 fully saturated rings. The second-order valence-electron chi connectivity index (χ2n) is 8.09. The Hall–Kier alpha value is -4.14. The molecule has 34 heavy (non-hydrogen) atoms. The van der Waals surface area contributed by atoms with Gasteiger partial charge in [-0.25, -0.2) is 4.79 Å². The Morgan fingerprint density at radius 3 is 2.53 bits per heavy atom. The van der Waals surface area contributed by atoms with Crippen molar-refractivity contribution >= 4 is 16.9 Å². The summed E-state index contributed by atoms with van der Waals surface area (Å²) in [6, 6.07) is 15.0. The Morgan fingerprint density at radius 2 is 1.82 bits per heavy atom. The van der Waals surface area contributed by atoms with Gasteiger partial charge in [-0.2, -0.15) is 5.10 Å². The van der Waals surface area contributed by atoms with Crippen molar-refractivity contribution in [2.45, 2.75) is 40.0 Å². The molecule has 4 aromatic rings. The summed E-state index contributed by atoms with van der Waals surface area (Å²) in [7, 11) is 1.58. The lowest BCUT2D eigenvalue weighted by atomic mass is 10.1. The number of amides is 1. The molecule has 2 aromatic carbocycles. The summed E-state index contributed by atoms with van der Waals surface area (Å²) in [6.07, 6.45) is 1.63. The summed E-state index contributed by atoms with van der Waals surface area (Å²) >= 11 is 0. The fourth-order valence-electron chi connectivity index (χ4n) is 3.74. The summed E-state index contributed by atoms with van der Waals surface area (Å²) < 4.78 is 9.25. The molecule has 4 rings (SSSR count). The van der Waals surface area contributed by atoms with Gasteiger partial charge in [-0.1, -0.05) is 42.0 Å². The molecular formula is C25H27N5O4. The first-order valence-electron chi connectivity index (χ1n) is 11.1. The van der Waals surface area contributed by atoms with Crippen LogP contribution in [0.2, 0.25) is 0 Å². The van der Waals surface area contributed by atoms with Crippen molar-refractivity contribution < 1.29 is 9.53 Å². The van der Waals surface area contributed by atoms with Crippen LogP contribution in [-0.4, -0.2) is 31.9 Å². The number of carbonyl (C=O) groups excluding carboxylic acids is 1. The van der Waals surface area contributed by atoms with Crippen molar-refractivity contribution in [3.8, 4) is 5.75 Å². The number of hydrogen-bond donors (Lipinski definition) is 1. The van der Waals surface area contributed by atoms with Crippen molar-refractivity contribution in [2.24, 2.45) is 0 Å². The fraction of sp³-hybridized carbons (Fsp3) is 0.280. The molecule has 0 aliphatic heterocycles. The van der Waals surface area contributed by atoms with Crippen molar-refractivity contribution in [1.82, 2.24) is 24.2 Å². The van der Waals surface area contributed by atoms with Gasteiger partial charge in [-0.15, -0.1) is 0 Å². The van der Waals surface area contributed by atoms with Gasteiger partial charge in [-0.3, -0.25) is 23.4 Å². The summed E-state index contributed by atoms with van der Waals surface area (Å²) in [5, 5.41) is 7.18. The fourth-order valence-corrected chi connectivity index (χ4v) is 3.74. The van der Waals surface area contributed by atoms with Crippen molar-refractivity contribution in [2.75, 3.05) is 7.11 Å². The lowest BCUT2D eigenvalue weighted by Gasteiger charge is -2.12. The molecule has 0 aliphatic carbocycles. The van der Waals surface area contributed by atoms with Crippen LogP contribution in [0.3, 0.4) is 0 Å². The Bertz CT molecular complexity index is 1450. The van der Waals surface area contributed by atoms with Crippen LogP contribution in [-0.2, 0) is 31.0 Å². The highest BCUT2D eigenvalue weighted by Gasteiger charge is 2.18. The number of nitrogens with one attached hydrogen (secondary N) is 1. The predicted molar refractivity (Wildman–Crippen MR) is 129 cm³/mol. The van der Waals surface area contributed by atoms with Crippen LogP contribution in [0.4, 0.5) is 0 Å². The van der Waals surface area contributed by atoms with E-state index in [1.54, 1.807) is 18.0 Å². The van der Waals surface area contributed by atoms with E-state index in [4.69, 9.17) is 4.74 Å². The van der Waals surface area contributed by atoms with E-state index in [9.17, 15) is 14.4 Å². The van der Waals surface area contributed by atoms with E-state index in [2.05, 4.69) is 10.4 Å². The zero-order valence-corrected chi connectivity index (χ0v) is 19.4. The first-order valence-corrected chi connectivity index (χ1v) is 11.1. The van der Waals surface area contributed by atoms with Gasteiger partial charge in [0.15, 0.2) is 5.52 Å². The molecule has 1 N–H and O–H groups in total. The number of methoxy groups -OCH3 is 1. The van der Waals surface area contributed by atoms with E-state index >= 15 is 0 Å².